The second-order valence-corrected chi connectivity index (χ2v) is 14.5. The van der Waals surface area contributed by atoms with Gasteiger partial charge in [0.1, 0.15) is 24.0 Å². The van der Waals surface area contributed by atoms with Crippen molar-refractivity contribution in [1.82, 2.24) is 15.2 Å². The van der Waals surface area contributed by atoms with E-state index in [1.807, 2.05) is 0 Å². The highest BCUT2D eigenvalue weighted by molar-refractivity contribution is 6.00. The Hall–Kier alpha value is -3.67. The SMILES string of the molecule is COC1CCC([C@@H]2CCN(C(=O)C3CCC([C@H](CF)NC(=O)OC(C)(C)C)CC3)[C@@H]2C(=O)Nc2ccc3[nH]c(C(=O)O)cc3c2)CC1. The fraction of sp³-hybridized carbons (Fsp3) is 0.657. The van der Waals surface area contributed by atoms with Crippen molar-refractivity contribution in [3.8, 4) is 0 Å². The fourth-order valence-corrected chi connectivity index (χ4v) is 7.93. The Morgan fingerprint density at radius 2 is 1.72 bits per heavy atom. The number of aromatic carboxylic acids is 1. The number of fused-ring (bicyclic) bond motifs is 1. The molecule has 11 nitrogen and oxygen atoms in total. The van der Waals surface area contributed by atoms with Gasteiger partial charge in [0.25, 0.3) is 0 Å². The zero-order valence-electron chi connectivity index (χ0n) is 27.9. The summed E-state index contributed by atoms with van der Waals surface area (Å²) >= 11 is 0. The molecule has 5 rings (SSSR count). The van der Waals surface area contributed by atoms with Crippen molar-refractivity contribution in [1.29, 1.82) is 0 Å². The molecule has 2 aliphatic carbocycles. The maximum absolute atomic E-state index is 14.1. The van der Waals surface area contributed by atoms with Gasteiger partial charge in [0.15, 0.2) is 0 Å². The van der Waals surface area contributed by atoms with E-state index in [4.69, 9.17) is 9.47 Å². The number of alkyl halides is 1. The summed E-state index contributed by atoms with van der Waals surface area (Å²) in [5, 5.41) is 15.7. The summed E-state index contributed by atoms with van der Waals surface area (Å²) in [6.07, 6.45) is 6.31. The van der Waals surface area contributed by atoms with Crippen LogP contribution in [0, 0.1) is 23.7 Å². The smallest absolute Gasteiger partial charge is 0.407 e. The molecule has 3 atom stereocenters. The van der Waals surface area contributed by atoms with E-state index in [0.717, 1.165) is 32.1 Å². The minimum absolute atomic E-state index is 0.0108. The van der Waals surface area contributed by atoms with Gasteiger partial charge in [-0.1, -0.05) is 0 Å². The van der Waals surface area contributed by atoms with Crippen molar-refractivity contribution in [2.75, 3.05) is 25.6 Å². The predicted molar refractivity (Wildman–Crippen MR) is 175 cm³/mol. The first-order valence-corrected chi connectivity index (χ1v) is 16.9. The average molecular weight is 657 g/mol. The fourth-order valence-electron chi connectivity index (χ4n) is 7.93. The van der Waals surface area contributed by atoms with Crippen LogP contribution in [0.2, 0.25) is 0 Å². The van der Waals surface area contributed by atoms with Gasteiger partial charge in [-0.2, -0.15) is 0 Å². The zero-order chi connectivity index (χ0) is 33.9. The van der Waals surface area contributed by atoms with Crippen LogP contribution in [-0.2, 0) is 19.1 Å². The lowest BCUT2D eigenvalue weighted by molar-refractivity contribution is -0.142. The van der Waals surface area contributed by atoms with Crippen molar-refractivity contribution in [3.63, 3.8) is 0 Å². The van der Waals surface area contributed by atoms with Crippen molar-refractivity contribution in [2.45, 2.75) is 102 Å². The molecule has 1 aliphatic heterocycles. The Labute approximate surface area is 275 Å². The number of likely N-dealkylation sites (tertiary alicyclic amines) is 1. The summed E-state index contributed by atoms with van der Waals surface area (Å²) in [6.45, 7) is 5.05. The van der Waals surface area contributed by atoms with Crippen LogP contribution in [0.5, 0.6) is 0 Å². The highest BCUT2D eigenvalue weighted by Crippen LogP contribution is 2.42. The standard InChI is InChI=1S/C35H49FN4O7/c1-35(2,3)47-34(45)39-29(19-36)21-5-7-22(8-6-21)32(42)40-16-15-26(20-9-12-25(46-4)13-10-20)30(40)31(41)37-24-11-14-27-23(17-24)18-28(38-27)33(43)44/h11,14,17-18,20-22,25-26,29-30,38H,5-10,12-13,15-16,19H2,1-4H3,(H,37,41)(H,39,45)(H,43,44)/t20?,21?,22?,25?,26-,29-,30-/m0/s1. The van der Waals surface area contributed by atoms with Crippen LogP contribution >= 0.6 is 0 Å². The van der Waals surface area contributed by atoms with E-state index in [-0.39, 0.29) is 41.4 Å². The first-order chi connectivity index (χ1) is 22.4. The number of hydrogen-bond acceptors (Lipinski definition) is 6. The molecule has 3 amide bonds. The Kier molecular flexibility index (Phi) is 10.8. The first kappa shape index (κ1) is 34.7. The van der Waals surface area contributed by atoms with Gasteiger partial charge in [0, 0.05) is 36.2 Å². The number of carbonyl (C=O) groups excluding carboxylic acids is 3. The number of amides is 3. The summed E-state index contributed by atoms with van der Waals surface area (Å²) in [4.78, 5) is 56.6. The highest BCUT2D eigenvalue weighted by Gasteiger charge is 2.47. The summed E-state index contributed by atoms with van der Waals surface area (Å²) in [5.41, 5.74) is 0.566. The number of aromatic nitrogens is 1. The Balaban J connectivity index is 1.28. The number of methoxy groups -OCH3 is 1. The molecule has 2 heterocycles. The highest BCUT2D eigenvalue weighted by atomic mass is 19.1. The Morgan fingerprint density at radius 1 is 1.02 bits per heavy atom. The molecule has 4 N–H and O–H groups in total. The molecule has 0 unspecified atom stereocenters. The number of ether oxygens (including phenoxy) is 2. The minimum atomic E-state index is -1.06. The molecule has 0 spiro atoms. The van der Waals surface area contributed by atoms with Crippen molar-refractivity contribution >= 4 is 40.5 Å². The maximum atomic E-state index is 14.1. The molecule has 0 bridgehead atoms. The number of carbonyl (C=O) groups is 4. The number of hydrogen-bond donors (Lipinski definition) is 4. The molecular weight excluding hydrogens is 607 g/mol. The van der Waals surface area contributed by atoms with Crippen LogP contribution in [-0.4, -0.2) is 83.0 Å². The van der Waals surface area contributed by atoms with Gasteiger partial charge in [-0.25, -0.2) is 14.0 Å². The third-order valence-corrected chi connectivity index (χ3v) is 10.3. The molecule has 3 fully saturated rings. The molecule has 1 aromatic heterocycles. The minimum Gasteiger partial charge on any atom is -0.477 e. The molecule has 2 saturated carbocycles. The summed E-state index contributed by atoms with van der Waals surface area (Å²) in [6, 6.07) is 5.43. The molecule has 47 heavy (non-hydrogen) atoms. The molecular formula is C35H49FN4O7. The van der Waals surface area contributed by atoms with Gasteiger partial charge < -0.3 is 35.1 Å². The normalized spacial score (nSPS) is 27.3. The van der Waals surface area contributed by atoms with Crippen molar-refractivity contribution < 1.29 is 38.1 Å². The van der Waals surface area contributed by atoms with Crippen LogP contribution in [0.15, 0.2) is 24.3 Å². The molecule has 2 aromatic rings. The van der Waals surface area contributed by atoms with Crippen LogP contribution < -0.4 is 10.6 Å². The number of H-pyrrole nitrogens is 1. The number of nitrogens with zero attached hydrogens (tertiary/aromatic N) is 1. The van der Waals surface area contributed by atoms with Gasteiger partial charge in [-0.15, -0.1) is 0 Å². The third-order valence-electron chi connectivity index (χ3n) is 10.3. The van der Waals surface area contributed by atoms with Gasteiger partial charge >= 0.3 is 12.1 Å². The third kappa shape index (κ3) is 8.25. The van der Waals surface area contributed by atoms with E-state index in [1.165, 1.54) is 6.07 Å². The van der Waals surface area contributed by atoms with Crippen molar-refractivity contribution in [2.24, 2.45) is 23.7 Å². The van der Waals surface area contributed by atoms with Crippen LogP contribution in [0.4, 0.5) is 14.9 Å². The van der Waals surface area contributed by atoms with Crippen LogP contribution in [0.1, 0.15) is 89.0 Å². The van der Waals surface area contributed by atoms with E-state index in [9.17, 15) is 28.7 Å². The summed E-state index contributed by atoms with van der Waals surface area (Å²) in [7, 11) is 1.73. The molecule has 1 aromatic carbocycles. The molecule has 3 aliphatic rings. The van der Waals surface area contributed by atoms with Gasteiger partial charge in [0.2, 0.25) is 11.8 Å². The number of carboxylic acids is 1. The van der Waals surface area contributed by atoms with Gasteiger partial charge in [-0.3, -0.25) is 9.59 Å². The number of nitrogens with one attached hydrogen (secondary N) is 3. The topological polar surface area (TPSA) is 150 Å². The number of aromatic amines is 1. The van der Waals surface area contributed by atoms with Gasteiger partial charge in [-0.05, 0) is 121 Å². The lowest BCUT2D eigenvalue weighted by Crippen LogP contribution is -2.50. The number of alkyl carbamates (subject to hydrolysis) is 1. The zero-order valence-corrected chi connectivity index (χ0v) is 27.9. The largest absolute Gasteiger partial charge is 0.477 e. The van der Waals surface area contributed by atoms with Gasteiger partial charge in [0.05, 0.1) is 12.1 Å². The molecule has 1 saturated heterocycles. The summed E-state index contributed by atoms with van der Waals surface area (Å²) < 4.78 is 24.9. The number of anilines is 1. The maximum Gasteiger partial charge on any atom is 0.407 e. The number of rotatable bonds is 9. The second-order valence-electron chi connectivity index (χ2n) is 14.5. The average Bonchev–Trinajstić information content (AvgIpc) is 3.68. The number of halogens is 1. The van der Waals surface area contributed by atoms with E-state index >= 15 is 0 Å². The van der Waals surface area contributed by atoms with Crippen molar-refractivity contribution in [3.05, 3.63) is 30.0 Å². The quantitative estimate of drug-likeness (QED) is 0.263. The molecule has 12 heteroatoms. The first-order valence-electron chi connectivity index (χ1n) is 16.9. The summed E-state index contributed by atoms with van der Waals surface area (Å²) in [5.74, 6) is -1.43. The van der Waals surface area contributed by atoms with E-state index < -0.39 is 36.4 Å². The van der Waals surface area contributed by atoms with Crippen LogP contribution in [0.3, 0.4) is 0 Å². The predicted octanol–water partition coefficient (Wildman–Crippen LogP) is 5.90. The molecule has 0 radical (unpaired) electrons. The van der Waals surface area contributed by atoms with E-state index in [0.29, 0.717) is 54.7 Å². The number of benzene rings is 1. The lowest BCUT2D eigenvalue weighted by Gasteiger charge is -2.38. The van der Waals surface area contributed by atoms with E-state index in [1.54, 1.807) is 51.0 Å². The second kappa shape index (κ2) is 14.6. The van der Waals surface area contributed by atoms with E-state index in [2.05, 4.69) is 15.6 Å². The lowest BCUT2D eigenvalue weighted by atomic mass is 9.75. The Morgan fingerprint density at radius 3 is 2.34 bits per heavy atom. The van der Waals surface area contributed by atoms with Crippen LogP contribution in [0.25, 0.3) is 10.9 Å². The molecule has 258 valence electrons. The Bertz CT molecular complexity index is 1440. The number of carboxylic acid groups (broad SMARTS) is 1. The monoisotopic (exact) mass is 656 g/mol.